The molecule has 0 saturated heterocycles. The van der Waals surface area contributed by atoms with Crippen LogP contribution in [0.4, 0.5) is 8.78 Å². The van der Waals surface area contributed by atoms with Gasteiger partial charge in [0.15, 0.2) is 0 Å². The molecule has 0 fully saturated rings. The third kappa shape index (κ3) is 2.23. The number of hydrogen-bond donors (Lipinski definition) is 1. The van der Waals surface area contributed by atoms with Gasteiger partial charge in [0.05, 0.1) is 6.61 Å². The second-order valence-electron chi connectivity index (χ2n) is 2.77. The minimum Gasteiger partial charge on any atom is -0.304 e. The Labute approximate surface area is 75.3 Å². The van der Waals surface area contributed by atoms with Gasteiger partial charge < -0.3 is 4.84 Å². The number of benzene rings is 1. The van der Waals surface area contributed by atoms with Gasteiger partial charge in [0.2, 0.25) is 0 Å². The summed E-state index contributed by atoms with van der Waals surface area (Å²) in [6, 6.07) is 2.64. The Morgan fingerprint density at radius 1 is 1.38 bits per heavy atom. The van der Waals surface area contributed by atoms with Crippen LogP contribution in [-0.2, 0) is 11.3 Å². The molecule has 0 aromatic heterocycles. The van der Waals surface area contributed by atoms with Crippen molar-refractivity contribution in [3.8, 4) is 0 Å². The fourth-order valence-corrected chi connectivity index (χ4v) is 1.08. The van der Waals surface area contributed by atoms with E-state index in [0.717, 1.165) is 0 Å². The van der Waals surface area contributed by atoms with Crippen LogP contribution in [-0.4, -0.2) is 6.61 Å². The summed E-state index contributed by atoms with van der Waals surface area (Å²) < 4.78 is 26.0. The predicted octanol–water partition coefficient (Wildman–Crippen LogP) is 1.71. The zero-order chi connectivity index (χ0) is 9.84. The predicted molar refractivity (Wildman–Crippen MR) is 44.9 cm³/mol. The van der Waals surface area contributed by atoms with Crippen molar-refractivity contribution in [1.29, 1.82) is 0 Å². The first-order valence-corrected chi connectivity index (χ1v) is 3.92. The number of halogens is 2. The second kappa shape index (κ2) is 4.30. The molecule has 0 radical (unpaired) electrons. The van der Waals surface area contributed by atoms with Crippen molar-refractivity contribution in [3.63, 3.8) is 0 Å². The lowest BCUT2D eigenvalue weighted by atomic mass is 10.1. The van der Waals surface area contributed by atoms with Crippen LogP contribution in [0.5, 0.6) is 0 Å². The standard InChI is InChI=1S/C9H11F2NO/c1-6-8(10)3-2-7(9(6)11)4-5-13-12/h2-3H,4-5,12H2,1H3. The van der Waals surface area contributed by atoms with Gasteiger partial charge in [-0.15, -0.1) is 0 Å². The topological polar surface area (TPSA) is 35.2 Å². The Morgan fingerprint density at radius 3 is 2.69 bits per heavy atom. The number of hydrogen-bond acceptors (Lipinski definition) is 2. The molecule has 0 heterocycles. The normalized spacial score (nSPS) is 10.5. The molecule has 72 valence electrons. The Balaban J connectivity index is 2.90. The summed E-state index contributed by atoms with van der Waals surface area (Å²) in [5.41, 5.74) is 0.457. The highest BCUT2D eigenvalue weighted by atomic mass is 19.1. The quantitative estimate of drug-likeness (QED) is 0.731. The Morgan fingerprint density at radius 2 is 2.08 bits per heavy atom. The van der Waals surface area contributed by atoms with Crippen molar-refractivity contribution in [2.45, 2.75) is 13.3 Å². The van der Waals surface area contributed by atoms with Crippen LogP contribution in [0.1, 0.15) is 11.1 Å². The summed E-state index contributed by atoms with van der Waals surface area (Å²) in [4.78, 5) is 4.31. The van der Waals surface area contributed by atoms with E-state index in [1.807, 2.05) is 0 Å². The van der Waals surface area contributed by atoms with E-state index >= 15 is 0 Å². The van der Waals surface area contributed by atoms with Gasteiger partial charge in [-0.1, -0.05) is 6.07 Å². The molecule has 0 bridgehead atoms. The maximum Gasteiger partial charge on any atom is 0.132 e. The highest BCUT2D eigenvalue weighted by Gasteiger charge is 2.08. The van der Waals surface area contributed by atoms with Crippen LogP contribution in [0.15, 0.2) is 12.1 Å². The molecule has 0 unspecified atom stereocenters. The first-order chi connectivity index (χ1) is 6.16. The molecule has 0 aliphatic carbocycles. The van der Waals surface area contributed by atoms with Gasteiger partial charge in [-0.25, -0.2) is 14.7 Å². The molecule has 1 aromatic rings. The van der Waals surface area contributed by atoms with E-state index in [-0.39, 0.29) is 12.2 Å². The highest BCUT2D eigenvalue weighted by molar-refractivity contribution is 5.26. The van der Waals surface area contributed by atoms with Crippen LogP contribution < -0.4 is 5.90 Å². The lowest BCUT2D eigenvalue weighted by Gasteiger charge is -2.05. The van der Waals surface area contributed by atoms with Crippen molar-refractivity contribution >= 4 is 0 Å². The molecule has 4 heteroatoms. The van der Waals surface area contributed by atoms with E-state index in [9.17, 15) is 8.78 Å². The molecule has 0 amide bonds. The minimum absolute atomic E-state index is 0.0366. The van der Waals surface area contributed by atoms with Crippen LogP contribution in [0.25, 0.3) is 0 Å². The summed E-state index contributed by atoms with van der Waals surface area (Å²) in [5, 5.41) is 0. The zero-order valence-electron chi connectivity index (χ0n) is 7.31. The van der Waals surface area contributed by atoms with E-state index in [4.69, 9.17) is 5.90 Å². The number of rotatable bonds is 3. The third-order valence-corrected chi connectivity index (χ3v) is 1.89. The Bertz CT molecular complexity index is 302. The average molecular weight is 187 g/mol. The fourth-order valence-electron chi connectivity index (χ4n) is 1.08. The van der Waals surface area contributed by atoms with E-state index < -0.39 is 11.6 Å². The molecule has 0 aliphatic heterocycles. The maximum absolute atomic E-state index is 13.2. The van der Waals surface area contributed by atoms with Gasteiger partial charge in [0.1, 0.15) is 11.6 Å². The molecule has 0 atom stereocenters. The van der Waals surface area contributed by atoms with Gasteiger partial charge in [0.25, 0.3) is 0 Å². The van der Waals surface area contributed by atoms with Crippen molar-refractivity contribution in [2.24, 2.45) is 5.90 Å². The van der Waals surface area contributed by atoms with Crippen molar-refractivity contribution in [3.05, 3.63) is 34.9 Å². The van der Waals surface area contributed by atoms with Crippen molar-refractivity contribution in [1.82, 2.24) is 0 Å². The first-order valence-electron chi connectivity index (χ1n) is 3.92. The molecule has 1 rings (SSSR count). The van der Waals surface area contributed by atoms with E-state index in [0.29, 0.717) is 12.0 Å². The smallest absolute Gasteiger partial charge is 0.132 e. The molecular formula is C9H11F2NO. The van der Waals surface area contributed by atoms with Gasteiger partial charge in [-0.2, -0.15) is 0 Å². The van der Waals surface area contributed by atoms with E-state index in [1.165, 1.54) is 19.1 Å². The van der Waals surface area contributed by atoms with Crippen LogP contribution in [0, 0.1) is 18.6 Å². The molecule has 0 spiro atoms. The zero-order valence-corrected chi connectivity index (χ0v) is 7.31. The van der Waals surface area contributed by atoms with Crippen LogP contribution in [0.3, 0.4) is 0 Å². The summed E-state index contributed by atoms with van der Waals surface area (Å²) >= 11 is 0. The monoisotopic (exact) mass is 187 g/mol. The highest BCUT2D eigenvalue weighted by Crippen LogP contribution is 2.15. The van der Waals surface area contributed by atoms with Gasteiger partial charge in [-0.05, 0) is 18.6 Å². The molecule has 2 nitrogen and oxygen atoms in total. The summed E-state index contributed by atoms with van der Waals surface area (Å²) in [6.45, 7) is 1.62. The minimum atomic E-state index is -0.532. The van der Waals surface area contributed by atoms with E-state index in [2.05, 4.69) is 4.84 Å². The summed E-state index contributed by atoms with van der Waals surface area (Å²) in [6.07, 6.45) is 0.351. The summed E-state index contributed by atoms with van der Waals surface area (Å²) in [7, 11) is 0. The molecule has 0 saturated carbocycles. The summed E-state index contributed by atoms with van der Waals surface area (Å²) in [5.74, 6) is 3.75. The van der Waals surface area contributed by atoms with Gasteiger partial charge in [-0.3, -0.25) is 0 Å². The second-order valence-corrected chi connectivity index (χ2v) is 2.77. The third-order valence-electron chi connectivity index (χ3n) is 1.89. The van der Waals surface area contributed by atoms with E-state index in [1.54, 1.807) is 0 Å². The molecular weight excluding hydrogens is 176 g/mol. The van der Waals surface area contributed by atoms with Crippen molar-refractivity contribution in [2.75, 3.05) is 6.61 Å². The van der Waals surface area contributed by atoms with Crippen molar-refractivity contribution < 1.29 is 13.6 Å². The maximum atomic E-state index is 13.2. The first kappa shape index (κ1) is 10.1. The average Bonchev–Trinajstić information content (AvgIpc) is 2.13. The molecule has 2 N–H and O–H groups in total. The van der Waals surface area contributed by atoms with Gasteiger partial charge in [0, 0.05) is 12.0 Å². The fraction of sp³-hybridized carbons (Fsp3) is 0.333. The lowest BCUT2D eigenvalue weighted by molar-refractivity contribution is 0.140. The van der Waals surface area contributed by atoms with Crippen LogP contribution in [0.2, 0.25) is 0 Å². The molecule has 13 heavy (non-hydrogen) atoms. The largest absolute Gasteiger partial charge is 0.304 e. The van der Waals surface area contributed by atoms with Gasteiger partial charge >= 0.3 is 0 Å². The Hall–Kier alpha value is -1.00. The molecule has 0 aliphatic rings. The SMILES string of the molecule is Cc1c(F)ccc(CCON)c1F. The number of nitrogens with two attached hydrogens (primary N) is 1. The lowest BCUT2D eigenvalue weighted by Crippen LogP contribution is -2.06. The Kier molecular flexibility index (Phi) is 3.33. The van der Waals surface area contributed by atoms with Crippen LogP contribution >= 0.6 is 0 Å². The molecule has 1 aromatic carbocycles.